The predicted octanol–water partition coefficient (Wildman–Crippen LogP) is 3.64. The topological polar surface area (TPSA) is 38.9 Å². The predicted molar refractivity (Wildman–Crippen MR) is 73.8 cm³/mol. The Morgan fingerprint density at radius 1 is 1.12 bits per heavy atom. The van der Waals surface area contributed by atoms with E-state index in [0.717, 1.165) is 5.69 Å². The molecule has 0 saturated heterocycles. The molecule has 0 unspecified atom stereocenters. The summed E-state index contributed by atoms with van der Waals surface area (Å²) < 4.78 is 0. The lowest BCUT2D eigenvalue weighted by atomic mass is 10.1. The number of unbranched alkanes of at least 4 members (excludes halogenated alkanes) is 1. The molecule has 0 aromatic carbocycles. The highest BCUT2D eigenvalue weighted by atomic mass is 14.7. The molecule has 1 rings (SSSR count). The van der Waals surface area contributed by atoms with Crippen molar-refractivity contribution >= 4 is 0 Å². The quantitative estimate of drug-likeness (QED) is 0.851. The highest BCUT2D eigenvalue weighted by molar-refractivity contribution is 5.21. The van der Waals surface area contributed by atoms with E-state index >= 15 is 0 Å². The van der Waals surface area contributed by atoms with Crippen molar-refractivity contribution in [3.63, 3.8) is 0 Å². The third kappa shape index (κ3) is 7.41. The van der Waals surface area contributed by atoms with Gasteiger partial charge in [0.2, 0.25) is 0 Å². The SMILES string of the molecule is CC.CCCCc1ccc(C)nc1C.CN. The van der Waals surface area contributed by atoms with Crippen LogP contribution in [-0.4, -0.2) is 12.0 Å². The van der Waals surface area contributed by atoms with Crippen molar-refractivity contribution in [2.45, 2.75) is 53.9 Å². The lowest BCUT2D eigenvalue weighted by molar-refractivity contribution is 0.785. The number of hydrogen-bond donors (Lipinski definition) is 1. The Hall–Kier alpha value is -0.890. The van der Waals surface area contributed by atoms with Crippen LogP contribution < -0.4 is 5.73 Å². The first-order chi connectivity index (χ1) is 7.74. The molecule has 0 fully saturated rings. The molecule has 0 aliphatic carbocycles. The number of rotatable bonds is 3. The van der Waals surface area contributed by atoms with E-state index in [2.05, 4.69) is 36.7 Å². The van der Waals surface area contributed by atoms with Gasteiger partial charge in [-0.15, -0.1) is 0 Å². The van der Waals surface area contributed by atoms with Crippen molar-refractivity contribution in [3.8, 4) is 0 Å². The zero-order chi connectivity index (χ0) is 13.0. The molecule has 1 heterocycles. The molecule has 2 N–H and O–H groups in total. The maximum atomic E-state index is 4.50. The van der Waals surface area contributed by atoms with Gasteiger partial charge in [0.1, 0.15) is 0 Å². The average Bonchev–Trinajstić information content (AvgIpc) is 2.33. The summed E-state index contributed by atoms with van der Waals surface area (Å²) in [6, 6.07) is 4.30. The first kappa shape index (κ1) is 17.5. The Balaban J connectivity index is 0. The Bertz CT molecular complexity index is 257. The third-order valence-corrected chi connectivity index (χ3v) is 2.13. The fourth-order valence-electron chi connectivity index (χ4n) is 1.35. The molecule has 16 heavy (non-hydrogen) atoms. The van der Waals surface area contributed by atoms with E-state index in [1.54, 1.807) is 0 Å². The van der Waals surface area contributed by atoms with Crippen molar-refractivity contribution in [1.29, 1.82) is 0 Å². The van der Waals surface area contributed by atoms with Crippen molar-refractivity contribution in [3.05, 3.63) is 29.1 Å². The highest BCUT2D eigenvalue weighted by Crippen LogP contribution is 2.09. The van der Waals surface area contributed by atoms with E-state index in [1.807, 2.05) is 20.8 Å². The van der Waals surface area contributed by atoms with Crippen LogP contribution in [0, 0.1) is 13.8 Å². The molecule has 94 valence electrons. The minimum Gasteiger partial charge on any atom is -0.333 e. The van der Waals surface area contributed by atoms with Gasteiger partial charge in [0, 0.05) is 11.4 Å². The number of hydrogen-bond acceptors (Lipinski definition) is 2. The van der Waals surface area contributed by atoms with E-state index < -0.39 is 0 Å². The van der Waals surface area contributed by atoms with Crippen molar-refractivity contribution in [2.24, 2.45) is 5.73 Å². The van der Waals surface area contributed by atoms with Gasteiger partial charge in [-0.2, -0.15) is 0 Å². The average molecular weight is 224 g/mol. The summed E-state index contributed by atoms with van der Waals surface area (Å²) in [4.78, 5) is 4.43. The van der Waals surface area contributed by atoms with Gasteiger partial charge in [-0.3, -0.25) is 4.98 Å². The van der Waals surface area contributed by atoms with Gasteiger partial charge in [-0.05, 0) is 45.4 Å². The lowest BCUT2D eigenvalue weighted by Crippen LogP contribution is -1.94. The molecule has 0 radical (unpaired) electrons. The first-order valence-electron chi connectivity index (χ1n) is 6.25. The van der Waals surface area contributed by atoms with E-state index in [9.17, 15) is 0 Å². The number of aromatic nitrogens is 1. The summed E-state index contributed by atoms with van der Waals surface area (Å²) in [5.74, 6) is 0. The van der Waals surface area contributed by atoms with E-state index in [-0.39, 0.29) is 0 Å². The maximum absolute atomic E-state index is 4.50. The molecule has 1 aromatic heterocycles. The number of pyridine rings is 1. The van der Waals surface area contributed by atoms with Crippen molar-refractivity contribution in [2.75, 3.05) is 7.05 Å². The summed E-state index contributed by atoms with van der Waals surface area (Å²) in [5.41, 5.74) is 8.22. The van der Waals surface area contributed by atoms with E-state index in [0.29, 0.717) is 0 Å². The van der Waals surface area contributed by atoms with Crippen LogP contribution in [0.2, 0.25) is 0 Å². The van der Waals surface area contributed by atoms with Gasteiger partial charge in [0.15, 0.2) is 0 Å². The summed E-state index contributed by atoms with van der Waals surface area (Å²) in [5, 5.41) is 0. The van der Waals surface area contributed by atoms with Gasteiger partial charge in [-0.25, -0.2) is 0 Å². The molecule has 0 saturated carbocycles. The lowest BCUT2D eigenvalue weighted by Gasteiger charge is -2.04. The molecule has 0 amide bonds. The zero-order valence-electron chi connectivity index (χ0n) is 11.8. The Morgan fingerprint density at radius 3 is 2.12 bits per heavy atom. The normalized spacial score (nSPS) is 8.44. The van der Waals surface area contributed by atoms with Crippen LogP contribution in [0.4, 0.5) is 0 Å². The molecular weight excluding hydrogens is 196 g/mol. The van der Waals surface area contributed by atoms with Gasteiger partial charge in [0.25, 0.3) is 0 Å². The largest absolute Gasteiger partial charge is 0.333 e. The molecule has 1 aromatic rings. The molecule has 2 nitrogen and oxygen atoms in total. The van der Waals surface area contributed by atoms with Crippen LogP contribution in [0.15, 0.2) is 12.1 Å². The third-order valence-electron chi connectivity index (χ3n) is 2.13. The van der Waals surface area contributed by atoms with Gasteiger partial charge < -0.3 is 5.73 Å². The number of nitrogens with zero attached hydrogens (tertiary/aromatic N) is 1. The van der Waals surface area contributed by atoms with Crippen LogP contribution in [-0.2, 0) is 6.42 Å². The monoisotopic (exact) mass is 224 g/mol. The second-order valence-electron chi connectivity index (χ2n) is 3.30. The number of nitrogens with two attached hydrogens (primary N) is 1. The Labute approximate surface area is 101 Å². The Morgan fingerprint density at radius 2 is 1.69 bits per heavy atom. The van der Waals surface area contributed by atoms with Crippen molar-refractivity contribution < 1.29 is 0 Å². The van der Waals surface area contributed by atoms with Crippen LogP contribution in [0.25, 0.3) is 0 Å². The fourth-order valence-corrected chi connectivity index (χ4v) is 1.35. The molecule has 2 heteroatoms. The molecular formula is C14H28N2. The second kappa shape index (κ2) is 12.2. The van der Waals surface area contributed by atoms with Crippen LogP contribution in [0.1, 0.15) is 50.6 Å². The molecule has 0 bridgehead atoms. The van der Waals surface area contributed by atoms with Crippen LogP contribution >= 0.6 is 0 Å². The maximum Gasteiger partial charge on any atom is 0.0407 e. The molecule has 0 aliphatic heterocycles. The summed E-state index contributed by atoms with van der Waals surface area (Å²) in [7, 11) is 1.50. The smallest absolute Gasteiger partial charge is 0.0407 e. The van der Waals surface area contributed by atoms with Crippen LogP contribution in [0.5, 0.6) is 0 Å². The Kier molecular flexibility index (Phi) is 13.3. The molecule has 0 aliphatic rings. The minimum absolute atomic E-state index is 1.12. The summed E-state index contributed by atoms with van der Waals surface area (Å²) in [6.07, 6.45) is 3.70. The summed E-state index contributed by atoms with van der Waals surface area (Å²) >= 11 is 0. The number of aryl methyl sites for hydroxylation is 3. The van der Waals surface area contributed by atoms with E-state index in [4.69, 9.17) is 0 Å². The van der Waals surface area contributed by atoms with Gasteiger partial charge in [0.05, 0.1) is 0 Å². The highest BCUT2D eigenvalue weighted by Gasteiger charge is 1.98. The standard InChI is InChI=1S/C11H17N.C2H6.CH5N/c1-4-5-6-11-8-7-9(2)12-10(11)3;2*1-2/h7-8H,4-6H2,1-3H3;1-2H3;2H2,1H3. The second-order valence-corrected chi connectivity index (χ2v) is 3.30. The first-order valence-corrected chi connectivity index (χ1v) is 6.25. The minimum atomic E-state index is 1.12. The molecule has 0 spiro atoms. The van der Waals surface area contributed by atoms with Crippen molar-refractivity contribution in [1.82, 2.24) is 4.98 Å². The molecule has 0 atom stereocenters. The van der Waals surface area contributed by atoms with Gasteiger partial charge >= 0.3 is 0 Å². The summed E-state index contributed by atoms with van der Waals surface area (Å²) in [6.45, 7) is 10.4. The van der Waals surface area contributed by atoms with Crippen LogP contribution in [0.3, 0.4) is 0 Å². The zero-order valence-corrected chi connectivity index (χ0v) is 11.8. The fraction of sp³-hybridized carbons (Fsp3) is 0.643. The van der Waals surface area contributed by atoms with Gasteiger partial charge in [-0.1, -0.05) is 33.3 Å². The van der Waals surface area contributed by atoms with E-state index in [1.165, 1.54) is 37.6 Å².